The van der Waals surface area contributed by atoms with Crippen molar-refractivity contribution < 1.29 is 9.59 Å². The summed E-state index contributed by atoms with van der Waals surface area (Å²) in [6.45, 7) is 0.674. The van der Waals surface area contributed by atoms with Crippen LogP contribution in [-0.4, -0.2) is 33.1 Å². The van der Waals surface area contributed by atoms with Gasteiger partial charge in [0.15, 0.2) is 0 Å². The smallest absolute Gasteiger partial charge is 0.261 e. The normalized spacial score (nSPS) is 14.6. The molecule has 1 aliphatic heterocycles. The number of aromatic nitrogens is 3. The van der Waals surface area contributed by atoms with E-state index >= 15 is 0 Å². The molecule has 0 unspecified atom stereocenters. The van der Waals surface area contributed by atoms with E-state index in [4.69, 9.17) is 0 Å². The Hall–Kier alpha value is -3.42. The quantitative estimate of drug-likeness (QED) is 0.742. The number of aryl methyl sites for hydroxylation is 1. The molecule has 3 heterocycles. The number of carbonyl (C=O) groups is 2. The largest absolute Gasteiger partial charge is 0.345 e. The highest BCUT2D eigenvalue weighted by molar-refractivity contribution is 6.06. The molecule has 8 nitrogen and oxygen atoms in total. The average Bonchev–Trinajstić information content (AvgIpc) is 3.04. The van der Waals surface area contributed by atoms with Crippen LogP contribution in [0.15, 0.2) is 41.5 Å². The Morgan fingerprint density at radius 3 is 2.93 bits per heavy atom. The van der Waals surface area contributed by atoms with Crippen molar-refractivity contribution in [1.29, 1.82) is 0 Å². The number of aromatic amines is 1. The van der Waals surface area contributed by atoms with Gasteiger partial charge in [-0.1, -0.05) is 6.07 Å². The molecule has 1 fully saturated rings. The zero-order valence-electron chi connectivity index (χ0n) is 14.9. The van der Waals surface area contributed by atoms with Crippen molar-refractivity contribution >= 4 is 34.2 Å². The van der Waals surface area contributed by atoms with E-state index in [0.717, 1.165) is 18.5 Å². The molecule has 0 aliphatic carbocycles. The second-order valence-corrected chi connectivity index (χ2v) is 6.57. The van der Waals surface area contributed by atoms with Crippen LogP contribution in [0.1, 0.15) is 29.6 Å². The number of benzene rings is 1. The third-order valence-corrected chi connectivity index (χ3v) is 4.76. The number of rotatable bonds is 3. The fraction of sp³-hybridized carbons (Fsp3) is 0.263. The number of nitrogens with zero attached hydrogens (tertiary/aromatic N) is 3. The maximum Gasteiger partial charge on any atom is 0.261 e. The Labute approximate surface area is 154 Å². The molecule has 0 radical (unpaired) electrons. The van der Waals surface area contributed by atoms with E-state index < -0.39 is 5.91 Å². The summed E-state index contributed by atoms with van der Waals surface area (Å²) in [6.07, 6.45) is 5.23. The third kappa shape index (κ3) is 3.10. The third-order valence-electron chi connectivity index (χ3n) is 4.76. The zero-order valence-corrected chi connectivity index (χ0v) is 14.9. The number of anilines is 2. The maximum absolute atomic E-state index is 12.6. The van der Waals surface area contributed by atoms with Gasteiger partial charge in [-0.05, 0) is 31.0 Å². The molecule has 0 bridgehead atoms. The first-order valence-electron chi connectivity index (χ1n) is 8.80. The number of pyridine rings is 1. The molecule has 2 amide bonds. The van der Waals surface area contributed by atoms with Crippen LogP contribution in [0.25, 0.3) is 11.0 Å². The first-order chi connectivity index (χ1) is 13.0. The molecule has 138 valence electrons. The maximum atomic E-state index is 12.6. The van der Waals surface area contributed by atoms with Crippen LogP contribution in [0, 0.1) is 0 Å². The van der Waals surface area contributed by atoms with E-state index in [2.05, 4.69) is 15.4 Å². The van der Waals surface area contributed by atoms with Crippen molar-refractivity contribution in [3.8, 4) is 0 Å². The van der Waals surface area contributed by atoms with E-state index in [1.165, 1.54) is 17.1 Å². The zero-order chi connectivity index (χ0) is 19.0. The molecule has 8 heteroatoms. The fourth-order valence-electron chi connectivity index (χ4n) is 3.32. The van der Waals surface area contributed by atoms with E-state index in [-0.39, 0.29) is 16.9 Å². The second kappa shape index (κ2) is 6.71. The summed E-state index contributed by atoms with van der Waals surface area (Å²) in [4.78, 5) is 41.9. The number of carbonyl (C=O) groups excluding carboxylic acids is 2. The van der Waals surface area contributed by atoms with Gasteiger partial charge in [0.2, 0.25) is 11.3 Å². The fourth-order valence-corrected chi connectivity index (χ4v) is 3.32. The number of hydrogen-bond donors (Lipinski definition) is 2. The minimum atomic E-state index is -0.510. The first-order valence-corrected chi connectivity index (χ1v) is 8.80. The van der Waals surface area contributed by atoms with Crippen molar-refractivity contribution in [3.63, 3.8) is 0 Å². The summed E-state index contributed by atoms with van der Waals surface area (Å²) in [7, 11) is 1.71. The van der Waals surface area contributed by atoms with Gasteiger partial charge >= 0.3 is 0 Å². The SMILES string of the molecule is Cn1ncc2c(=O)c(C(=O)Nc3cccc(N4CCCCC4=O)c3)c[nH]c21. The first kappa shape index (κ1) is 17.0. The Balaban J connectivity index is 1.60. The van der Waals surface area contributed by atoms with Gasteiger partial charge in [0.05, 0.1) is 11.6 Å². The summed E-state index contributed by atoms with van der Waals surface area (Å²) in [5.41, 5.74) is 1.46. The van der Waals surface area contributed by atoms with E-state index in [9.17, 15) is 14.4 Å². The lowest BCUT2D eigenvalue weighted by molar-refractivity contribution is -0.119. The lowest BCUT2D eigenvalue weighted by atomic mass is 10.1. The monoisotopic (exact) mass is 365 g/mol. The van der Waals surface area contributed by atoms with Gasteiger partial charge in [0.25, 0.3) is 5.91 Å². The molecule has 27 heavy (non-hydrogen) atoms. The van der Waals surface area contributed by atoms with Crippen molar-refractivity contribution in [3.05, 3.63) is 52.4 Å². The number of hydrogen-bond acceptors (Lipinski definition) is 4. The standard InChI is InChI=1S/C19H19N5O3/c1-23-18-14(11-21-23)17(26)15(10-20-18)19(27)22-12-5-4-6-13(9-12)24-8-3-2-7-16(24)25/h4-6,9-11H,2-3,7-8H2,1H3,(H,20,26)(H,22,27). The number of fused-ring (bicyclic) bond motifs is 1. The van der Waals surface area contributed by atoms with Crippen LogP contribution in [-0.2, 0) is 11.8 Å². The minimum absolute atomic E-state index is 0.00921. The van der Waals surface area contributed by atoms with Gasteiger partial charge < -0.3 is 15.2 Å². The molecule has 0 spiro atoms. The summed E-state index contributed by atoms with van der Waals surface area (Å²) in [5, 5.41) is 7.13. The molecule has 0 saturated carbocycles. The van der Waals surface area contributed by atoms with Crippen LogP contribution < -0.4 is 15.6 Å². The van der Waals surface area contributed by atoms with Crippen LogP contribution in [0.5, 0.6) is 0 Å². The Morgan fingerprint density at radius 1 is 1.26 bits per heavy atom. The molecule has 2 aromatic heterocycles. The van der Waals surface area contributed by atoms with Gasteiger partial charge in [-0.15, -0.1) is 0 Å². The molecule has 2 N–H and O–H groups in total. The summed E-state index contributed by atoms with van der Waals surface area (Å²) in [5.74, 6) is -0.424. The van der Waals surface area contributed by atoms with E-state index in [1.807, 2.05) is 6.07 Å². The van der Waals surface area contributed by atoms with Crippen LogP contribution in [0.4, 0.5) is 11.4 Å². The predicted octanol–water partition coefficient (Wildman–Crippen LogP) is 2.03. The van der Waals surface area contributed by atoms with Gasteiger partial charge in [-0.25, -0.2) is 0 Å². The average molecular weight is 365 g/mol. The molecule has 1 aliphatic rings. The van der Waals surface area contributed by atoms with Crippen molar-refractivity contribution in [2.75, 3.05) is 16.8 Å². The topological polar surface area (TPSA) is 100 Å². The highest BCUT2D eigenvalue weighted by Gasteiger charge is 2.20. The van der Waals surface area contributed by atoms with Crippen molar-refractivity contribution in [2.45, 2.75) is 19.3 Å². The Kier molecular flexibility index (Phi) is 4.23. The van der Waals surface area contributed by atoms with Gasteiger partial charge in [-0.3, -0.25) is 19.1 Å². The molecule has 1 aromatic carbocycles. The lowest BCUT2D eigenvalue weighted by Gasteiger charge is -2.27. The highest BCUT2D eigenvalue weighted by atomic mass is 16.2. The number of nitrogens with one attached hydrogen (secondary N) is 2. The molecule has 4 rings (SSSR count). The minimum Gasteiger partial charge on any atom is -0.345 e. The number of H-pyrrole nitrogens is 1. The molecular weight excluding hydrogens is 346 g/mol. The second-order valence-electron chi connectivity index (χ2n) is 6.57. The summed E-state index contributed by atoms with van der Waals surface area (Å²) >= 11 is 0. The van der Waals surface area contributed by atoms with Crippen molar-refractivity contribution in [1.82, 2.24) is 14.8 Å². The van der Waals surface area contributed by atoms with E-state index in [1.54, 1.807) is 30.1 Å². The molecule has 0 atom stereocenters. The molecule has 1 saturated heterocycles. The van der Waals surface area contributed by atoms with Gasteiger partial charge in [0, 0.05) is 37.6 Å². The summed E-state index contributed by atoms with van der Waals surface area (Å²) < 4.78 is 1.54. The van der Waals surface area contributed by atoms with E-state index in [0.29, 0.717) is 29.7 Å². The van der Waals surface area contributed by atoms with Crippen molar-refractivity contribution in [2.24, 2.45) is 7.05 Å². The summed E-state index contributed by atoms with van der Waals surface area (Å²) in [6, 6.07) is 7.10. The number of amides is 2. The lowest BCUT2D eigenvalue weighted by Crippen LogP contribution is -2.35. The predicted molar refractivity (Wildman–Crippen MR) is 102 cm³/mol. The highest BCUT2D eigenvalue weighted by Crippen LogP contribution is 2.24. The molecular formula is C19H19N5O3. The Morgan fingerprint density at radius 2 is 2.11 bits per heavy atom. The van der Waals surface area contributed by atoms with Gasteiger partial charge in [-0.2, -0.15) is 5.10 Å². The number of piperidine rings is 1. The van der Waals surface area contributed by atoms with Crippen LogP contribution in [0.3, 0.4) is 0 Å². The Bertz CT molecular complexity index is 1100. The van der Waals surface area contributed by atoms with Crippen LogP contribution >= 0.6 is 0 Å². The van der Waals surface area contributed by atoms with Gasteiger partial charge in [0.1, 0.15) is 11.2 Å². The molecule has 3 aromatic rings. The van der Waals surface area contributed by atoms with Crippen LogP contribution in [0.2, 0.25) is 0 Å².